The lowest BCUT2D eigenvalue weighted by Crippen LogP contribution is -2.31. The van der Waals surface area contributed by atoms with Crippen LogP contribution in [-0.4, -0.2) is 15.6 Å². The average Bonchev–Trinajstić information content (AvgIpc) is 2.76. The Morgan fingerprint density at radius 2 is 1.85 bits per heavy atom. The number of nitrogens with one attached hydrogen (secondary N) is 1. The van der Waals surface area contributed by atoms with Crippen molar-refractivity contribution in [1.82, 2.24) is 14.9 Å². The molecule has 0 aliphatic heterocycles. The first-order chi connectivity index (χ1) is 15.7. The summed E-state index contributed by atoms with van der Waals surface area (Å²) in [6.45, 7) is 1.54. The standard InChI is InChI=1S/C23H15ClF3N3O3/c1-12(14-4-2-3-5-16(14)26)28-23(32)33-19-11-30(18-8-6-13(25)10-17(18)27)22-15(21(19)31)7-9-20(24)29-22/h2-12H,1H3,(H,28,32). The fourth-order valence-electron chi connectivity index (χ4n) is 3.30. The van der Waals surface area contributed by atoms with E-state index >= 15 is 0 Å². The molecule has 0 aliphatic rings. The van der Waals surface area contributed by atoms with Gasteiger partial charge in [-0.25, -0.2) is 22.9 Å². The van der Waals surface area contributed by atoms with Gasteiger partial charge in [-0.05, 0) is 37.3 Å². The Balaban J connectivity index is 1.74. The monoisotopic (exact) mass is 473 g/mol. The molecule has 0 fully saturated rings. The number of pyridine rings is 2. The maximum absolute atomic E-state index is 14.5. The van der Waals surface area contributed by atoms with Crippen molar-refractivity contribution in [2.24, 2.45) is 0 Å². The third kappa shape index (κ3) is 4.54. The number of fused-ring (bicyclic) bond motifs is 1. The Bertz CT molecular complexity index is 1440. The summed E-state index contributed by atoms with van der Waals surface area (Å²) in [5.41, 5.74) is -0.661. The summed E-state index contributed by atoms with van der Waals surface area (Å²) in [5.74, 6) is -2.71. The largest absolute Gasteiger partial charge is 0.413 e. The quantitative estimate of drug-likeness (QED) is 0.408. The molecule has 6 nitrogen and oxygen atoms in total. The SMILES string of the molecule is CC(NC(=O)Oc1cn(-c2ccc(F)cc2F)c2nc(Cl)ccc2c1=O)c1ccccc1F. The zero-order valence-electron chi connectivity index (χ0n) is 17.0. The highest BCUT2D eigenvalue weighted by Gasteiger charge is 2.20. The van der Waals surface area contributed by atoms with E-state index in [1.165, 1.54) is 37.3 Å². The van der Waals surface area contributed by atoms with Gasteiger partial charge in [0.1, 0.15) is 28.3 Å². The van der Waals surface area contributed by atoms with Crippen LogP contribution in [0.5, 0.6) is 5.75 Å². The Morgan fingerprint density at radius 1 is 1.09 bits per heavy atom. The lowest BCUT2D eigenvalue weighted by molar-refractivity contribution is 0.196. The molecular formula is C23H15ClF3N3O3. The zero-order chi connectivity index (χ0) is 23.7. The summed E-state index contributed by atoms with van der Waals surface area (Å²) in [6, 6.07) is 10.6. The van der Waals surface area contributed by atoms with Crippen molar-refractivity contribution in [3.63, 3.8) is 0 Å². The summed E-state index contributed by atoms with van der Waals surface area (Å²) in [7, 11) is 0. The molecule has 1 unspecified atom stereocenters. The molecule has 0 saturated carbocycles. The van der Waals surface area contributed by atoms with Crippen LogP contribution >= 0.6 is 11.6 Å². The molecule has 10 heteroatoms. The number of amides is 1. The molecule has 2 aromatic carbocycles. The maximum atomic E-state index is 14.5. The molecule has 1 N–H and O–H groups in total. The van der Waals surface area contributed by atoms with Gasteiger partial charge >= 0.3 is 6.09 Å². The molecule has 4 aromatic rings. The summed E-state index contributed by atoms with van der Waals surface area (Å²) < 4.78 is 48.2. The molecular weight excluding hydrogens is 459 g/mol. The molecule has 0 aliphatic carbocycles. The van der Waals surface area contributed by atoms with Crippen LogP contribution in [0.4, 0.5) is 18.0 Å². The molecule has 168 valence electrons. The van der Waals surface area contributed by atoms with Crippen LogP contribution in [-0.2, 0) is 0 Å². The Kier molecular flexibility index (Phi) is 6.06. The maximum Gasteiger partial charge on any atom is 0.413 e. The summed E-state index contributed by atoms with van der Waals surface area (Å²) in [4.78, 5) is 29.4. The summed E-state index contributed by atoms with van der Waals surface area (Å²) >= 11 is 5.94. The van der Waals surface area contributed by atoms with Crippen LogP contribution in [0.1, 0.15) is 18.5 Å². The Labute approximate surface area is 190 Å². The third-order valence-electron chi connectivity index (χ3n) is 4.86. The van der Waals surface area contributed by atoms with Crippen LogP contribution in [0.25, 0.3) is 16.7 Å². The molecule has 0 radical (unpaired) electrons. The first-order valence-electron chi connectivity index (χ1n) is 9.64. The highest BCUT2D eigenvalue weighted by atomic mass is 35.5. The number of ether oxygens (including phenoxy) is 1. The van der Waals surface area contributed by atoms with Gasteiger partial charge in [-0.3, -0.25) is 9.36 Å². The van der Waals surface area contributed by atoms with E-state index in [2.05, 4.69) is 10.3 Å². The third-order valence-corrected chi connectivity index (χ3v) is 5.07. The second-order valence-corrected chi connectivity index (χ2v) is 7.46. The van der Waals surface area contributed by atoms with Gasteiger partial charge in [0.25, 0.3) is 0 Å². The molecule has 0 spiro atoms. The Hall–Kier alpha value is -3.85. The van der Waals surface area contributed by atoms with Gasteiger partial charge in [0.15, 0.2) is 5.75 Å². The van der Waals surface area contributed by atoms with Crippen molar-refractivity contribution < 1.29 is 22.7 Å². The lowest BCUT2D eigenvalue weighted by Gasteiger charge is -2.16. The number of hydrogen-bond acceptors (Lipinski definition) is 4. The van der Waals surface area contributed by atoms with Gasteiger partial charge < -0.3 is 10.1 Å². The van der Waals surface area contributed by atoms with E-state index in [0.717, 1.165) is 22.9 Å². The van der Waals surface area contributed by atoms with Gasteiger partial charge in [-0.1, -0.05) is 29.8 Å². The minimum atomic E-state index is -1.03. The van der Waals surface area contributed by atoms with Gasteiger partial charge in [-0.2, -0.15) is 0 Å². The highest BCUT2D eigenvalue weighted by molar-refractivity contribution is 6.29. The predicted octanol–water partition coefficient (Wildman–Crippen LogP) is 5.31. The lowest BCUT2D eigenvalue weighted by atomic mass is 10.1. The molecule has 1 amide bonds. The smallest absolute Gasteiger partial charge is 0.405 e. The van der Waals surface area contributed by atoms with E-state index in [9.17, 15) is 22.8 Å². The number of aromatic nitrogens is 2. The second kappa shape index (κ2) is 8.95. The first kappa shape index (κ1) is 22.3. The molecule has 0 saturated heterocycles. The van der Waals surface area contributed by atoms with Crippen molar-refractivity contribution in [2.75, 3.05) is 0 Å². The van der Waals surface area contributed by atoms with Crippen LogP contribution in [0, 0.1) is 17.5 Å². The fraction of sp³-hybridized carbons (Fsp3) is 0.0870. The van der Waals surface area contributed by atoms with Gasteiger partial charge in [0.2, 0.25) is 5.43 Å². The van der Waals surface area contributed by atoms with Crippen molar-refractivity contribution in [3.05, 3.63) is 99.2 Å². The number of halogens is 4. The normalized spacial score (nSPS) is 11.9. The molecule has 33 heavy (non-hydrogen) atoms. The Morgan fingerprint density at radius 3 is 2.58 bits per heavy atom. The van der Waals surface area contributed by atoms with Gasteiger partial charge in [-0.15, -0.1) is 0 Å². The molecule has 1 atom stereocenters. The molecule has 2 heterocycles. The van der Waals surface area contributed by atoms with Crippen molar-refractivity contribution in [1.29, 1.82) is 0 Å². The molecule has 4 rings (SSSR count). The van der Waals surface area contributed by atoms with E-state index in [-0.39, 0.29) is 27.4 Å². The number of nitrogens with zero attached hydrogens (tertiary/aromatic N) is 2. The minimum absolute atomic E-state index is 0.0180. The van der Waals surface area contributed by atoms with E-state index in [1.807, 2.05) is 0 Å². The summed E-state index contributed by atoms with van der Waals surface area (Å²) in [6.07, 6.45) is 0.0211. The molecule has 0 bridgehead atoms. The molecule has 2 aromatic heterocycles. The van der Waals surface area contributed by atoms with Crippen molar-refractivity contribution >= 4 is 28.7 Å². The highest BCUT2D eigenvalue weighted by Crippen LogP contribution is 2.24. The van der Waals surface area contributed by atoms with Crippen LogP contribution in [0.3, 0.4) is 0 Å². The number of carbonyl (C=O) groups is 1. The number of benzene rings is 2. The first-order valence-corrected chi connectivity index (χ1v) is 10.0. The van der Waals surface area contributed by atoms with Crippen LogP contribution in [0.2, 0.25) is 5.15 Å². The zero-order valence-corrected chi connectivity index (χ0v) is 17.7. The van der Waals surface area contributed by atoms with E-state index in [0.29, 0.717) is 6.07 Å². The van der Waals surface area contributed by atoms with Gasteiger partial charge in [0.05, 0.1) is 23.3 Å². The van der Waals surface area contributed by atoms with E-state index in [1.54, 1.807) is 6.07 Å². The van der Waals surface area contributed by atoms with Crippen LogP contribution < -0.4 is 15.5 Å². The van der Waals surface area contributed by atoms with Gasteiger partial charge in [0, 0.05) is 11.6 Å². The van der Waals surface area contributed by atoms with Crippen molar-refractivity contribution in [3.8, 4) is 11.4 Å². The van der Waals surface area contributed by atoms with Crippen LogP contribution in [0.15, 0.2) is 65.6 Å². The minimum Gasteiger partial charge on any atom is -0.405 e. The number of carbonyl (C=O) groups excluding carboxylic acids is 1. The average molecular weight is 474 g/mol. The summed E-state index contributed by atoms with van der Waals surface area (Å²) in [5, 5.41) is 2.45. The fourth-order valence-corrected chi connectivity index (χ4v) is 3.44. The van der Waals surface area contributed by atoms with E-state index in [4.69, 9.17) is 16.3 Å². The predicted molar refractivity (Wildman–Crippen MR) is 116 cm³/mol. The number of hydrogen-bond donors (Lipinski definition) is 1. The topological polar surface area (TPSA) is 73.2 Å². The van der Waals surface area contributed by atoms with E-state index < -0.39 is 40.8 Å². The second-order valence-electron chi connectivity index (χ2n) is 7.07. The van der Waals surface area contributed by atoms with Crippen molar-refractivity contribution in [2.45, 2.75) is 13.0 Å². The number of rotatable bonds is 4.